The molecule has 5 nitrogen and oxygen atoms in total. The molecule has 1 saturated carbocycles. The molecule has 184 valence electrons. The van der Waals surface area contributed by atoms with Crippen LogP contribution < -0.4 is 10.1 Å². The van der Waals surface area contributed by atoms with Crippen LogP contribution in [0, 0.1) is 5.82 Å². The Morgan fingerprint density at radius 3 is 2.65 bits per heavy atom. The number of carbonyl (C=O) groups excluding carboxylic acids is 2. The predicted molar refractivity (Wildman–Crippen MR) is 136 cm³/mol. The van der Waals surface area contributed by atoms with Gasteiger partial charge in [0, 0.05) is 28.9 Å². The molecule has 1 atom stereocenters. The van der Waals surface area contributed by atoms with Crippen molar-refractivity contribution in [1.29, 1.82) is 0 Å². The SMILES string of the molecule is COc1cccc(CN(C(=O)CSCc2c(F)cccc2Cl)[C@@H](C)C(=O)NC2CCCCC2)c1. The number of nitrogens with one attached hydrogen (secondary N) is 1. The minimum Gasteiger partial charge on any atom is -0.497 e. The van der Waals surface area contributed by atoms with Crippen molar-refractivity contribution in [3.8, 4) is 5.75 Å². The van der Waals surface area contributed by atoms with E-state index in [9.17, 15) is 14.0 Å². The lowest BCUT2D eigenvalue weighted by Gasteiger charge is -2.31. The van der Waals surface area contributed by atoms with Crippen LogP contribution in [0.2, 0.25) is 5.02 Å². The second kappa shape index (κ2) is 13.0. The zero-order chi connectivity index (χ0) is 24.5. The van der Waals surface area contributed by atoms with Crippen molar-refractivity contribution in [3.05, 3.63) is 64.4 Å². The molecular formula is C26H32ClFN2O3S. The molecule has 1 N–H and O–H groups in total. The Balaban J connectivity index is 1.70. The average Bonchev–Trinajstić information content (AvgIpc) is 2.84. The van der Waals surface area contributed by atoms with Gasteiger partial charge in [0.1, 0.15) is 17.6 Å². The molecule has 2 aromatic rings. The zero-order valence-electron chi connectivity index (χ0n) is 19.7. The summed E-state index contributed by atoms with van der Waals surface area (Å²) in [7, 11) is 1.59. The fourth-order valence-corrected chi connectivity index (χ4v) is 5.36. The first-order valence-corrected chi connectivity index (χ1v) is 13.2. The summed E-state index contributed by atoms with van der Waals surface area (Å²) < 4.78 is 19.4. The van der Waals surface area contributed by atoms with Gasteiger partial charge >= 0.3 is 0 Å². The van der Waals surface area contributed by atoms with E-state index in [4.69, 9.17) is 16.3 Å². The average molecular weight is 507 g/mol. The summed E-state index contributed by atoms with van der Waals surface area (Å²) in [4.78, 5) is 27.9. The van der Waals surface area contributed by atoms with Gasteiger partial charge in [-0.25, -0.2) is 4.39 Å². The molecule has 0 radical (unpaired) electrons. The van der Waals surface area contributed by atoms with Gasteiger partial charge in [0.2, 0.25) is 11.8 Å². The summed E-state index contributed by atoms with van der Waals surface area (Å²) >= 11 is 7.40. The van der Waals surface area contributed by atoms with E-state index >= 15 is 0 Å². The van der Waals surface area contributed by atoms with Crippen LogP contribution in [0.3, 0.4) is 0 Å². The smallest absolute Gasteiger partial charge is 0.242 e. The lowest BCUT2D eigenvalue weighted by atomic mass is 9.95. The monoisotopic (exact) mass is 506 g/mol. The zero-order valence-corrected chi connectivity index (χ0v) is 21.3. The van der Waals surface area contributed by atoms with Crippen LogP contribution in [0.5, 0.6) is 5.75 Å². The van der Waals surface area contributed by atoms with Crippen molar-refractivity contribution < 1.29 is 18.7 Å². The Morgan fingerprint density at radius 2 is 1.94 bits per heavy atom. The molecule has 3 rings (SSSR count). The van der Waals surface area contributed by atoms with Crippen molar-refractivity contribution in [2.24, 2.45) is 0 Å². The van der Waals surface area contributed by atoms with E-state index in [0.717, 1.165) is 31.2 Å². The first-order valence-electron chi connectivity index (χ1n) is 11.6. The maximum absolute atomic E-state index is 14.1. The van der Waals surface area contributed by atoms with E-state index in [1.54, 1.807) is 31.1 Å². The Morgan fingerprint density at radius 1 is 1.21 bits per heavy atom. The van der Waals surface area contributed by atoms with Crippen LogP contribution in [0.1, 0.15) is 50.2 Å². The second-order valence-corrected chi connectivity index (χ2v) is 9.98. The van der Waals surface area contributed by atoms with Crippen LogP contribution in [0.15, 0.2) is 42.5 Å². The highest BCUT2D eigenvalue weighted by molar-refractivity contribution is 7.99. The van der Waals surface area contributed by atoms with Gasteiger partial charge in [-0.1, -0.05) is 49.1 Å². The number of benzene rings is 2. The number of hydrogen-bond acceptors (Lipinski definition) is 4. The van der Waals surface area contributed by atoms with Gasteiger partial charge in [0.15, 0.2) is 0 Å². The van der Waals surface area contributed by atoms with Gasteiger partial charge in [-0.15, -0.1) is 11.8 Å². The van der Waals surface area contributed by atoms with Crippen LogP contribution >= 0.6 is 23.4 Å². The standard InChI is InChI=1S/C26H32ClFN2O3S/c1-18(26(32)29-20-9-4-3-5-10-20)30(15-19-8-6-11-21(14-19)33-2)25(31)17-34-16-22-23(27)12-7-13-24(22)28/h6-8,11-14,18,20H,3-5,9-10,15-17H2,1-2H3,(H,29,32)/t18-/m0/s1. The number of nitrogens with zero attached hydrogens (tertiary/aromatic N) is 1. The molecule has 1 aliphatic carbocycles. The number of hydrogen-bond donors (Lipinski definition) is 1. The molecule has 0 heterocycles. The Labute approximate surface area is 210 Å². The van der Waals surface area contributed by atoms with E-state index in [1.807, 2.05) is 24.3 Å². The molecule has 8 heteroatoms. The summed E-state index contributed by atoms with van der Waals surface area (Å²) in [6, 6.07) is 11.5. The fraction of sp³-hybridized carbons (Fsp3) is 0.462. The van der Waals surface area contributed by atoms with Gasteiger partial charge in [-0.05, 0) is 49.6 Å². The molecule has 2 amide bonds. The van der Waals surface area contributed by atoms with Crippen molar-refractivity contribution in [2.45, 2.75) is 63.4 Å². The van der Waals surface area contributed by atoms with Crippen LogP contribution in [0.4, 0.5) is 4.39 Å². The Hall–Kier alpha value is -2.25. The third-order valence-corrected chi connectivity index (χ3v) is 7.44. The number of halogens is 2. The molecule has 1 fully saturated rings. The van der Waals surface area contributed by atoms with E-state index in [1.165, 1.54) is 24.2 Å². The van der Waals surface area contributed by atoms with Gasteiger partial charge in [0.05, 0.1) is 12.9 Å². The molecule has 1 aliphatic rings. The highest BCUT2D eigenvalue weighted by Crippen LogP contribution is 2.25. The quantitative estimate of drug-likeness (QED) is 0.456. The summed E-state index contributed by atoms with van der Waals surface area (Å²) in [6.07, 6.45) is 5.37. The Kier molecular flexibility index (Phi) is 10.1. The van der Waals surface area contributed by atoms with Crippen LogP contribution in [-0.4, -0.2) is 41.7 Å². The topological polar surface area (TPSA) is 58.6 Å². The summed E-state index contributed by atoms with van der Waals surface area (Å²) in [5, 5.41) is 3.47. The third-order valence-electron chi connectivity index (χ3n) is 6.14. The van der Waals surface area contributed by atoms with Crippen molar-refractivity contribution >= 4 is 35.2 Å². The highest BCUT2D eigenvalue weighted by Gasteiger charge is 2.28. The van der Waals surface area contributed by atoms with Gasteiger partial charge in [0.25, 0.3) is 0 Å². The van der Waals surface area contributed by atoms with Crippen molar-refractivity contribution in [2.75, 3.05) is 12.9 Å². The van der Waals surface area contributed by atoms with E-state index < -0.39 is 6.04 Å². The fourth-order valence-electron chi connectivity index (χ4n) is 4.11. The number of ether oxygens (including phenoxy) is 1. The maximum Gasteiger partial charge on any atom is 0.242 e. The summed E-state index contributed by atoms with van der Waals surface area (Å²) in [5.41, 5.74) is 1.25. The van der Waals surface area contributed by atoms with Crippen LogP contribution in [-0.2, 0) is 21.9 Å². The molecule has 0 bridgehead atoms. The van der Waals surface area contributed by atoms with Gasteiger partial charge in [-0.3, -0.25) is 9.59 Å². The minimum absolute atomic E-state index is 0.107. The van der Waals surface area contributed by atoms with Crippen LogP contribution in [0.25, 0.3) is 0 Å². The molecular weight excluding hydrogens is 475 g/mol. The predicted octanol–water partition coefficient (Wildman–Crippen LogP) is 5.59. The molecule has 0 spiro atoms. The normalized spacial score (nSPS) is 14.9. The summed E-state index contributed by atoms with van der Waals surface area (Å²) in [5.74, 6) is 0.341. The second-order valence-electron chi connectivity index (χ2n) is 8.59. The van der Waals surface area contributed by atoms with E-state index in [2.05, 4.69) is 5.32 Å². The Bertz CT molecular complexity index is 964. The maximum atomic E-state index is 14.1. The number of methoxy groups -OCH3 is 1. The van der Waals surface area contributed by atoms with Crippen molar-refractivity contribution in [3.63, 3.8) is 0 Å². The molecule has 0 aromatic heterocycles. The van der Waals surface area contributed by atoms with E-state index in [0.29, 0.717) is 16.3 Å². The third kappa shape index (κ3) is 7.37. The minimum atomic E-state index is -0.640. The first kappa shape index (κ1) is 26.4. The number of amides is 2. The molecule has 0 saturated heterocycles. The molecule has 0 unspecified atom stereocenters. The van der Waals surface area contributed by atoms with Gasteiger partial charge in [-0.2, -0.15) is 0 Å². The number of thioether (sulfide) groups is 1. The lowest BCUT2D eigenvalue weighted by molar-refractivity contribution is -0.139. The van der Waals surface area contributed by atoms with E-state index in [-0.39, 0.29) is 41.7 Å². The molecule has 0 aliphatic heterocycles. The highest BCUT2D eigenvalue weighted by atomic mass is 35.5. The van der Waals surface area contributed by atoms with Crippen molar-refractivity contribution in [1.82, 2.24) is 10.2 Å². The largest absolute Gasteiger partial charge is 0.497 e. The van der Waals surface area contributed by atoms with Gasteiger partial charge < -0.3 is 15.0 Å². The number of carbonyl (C=O) groups is 2. The number of rotatable bonds is 10. The summed E-state index contributed by atoms with van der Waals surface area (Å²) in [6.45, 7) is 2.03. The molecule has 34 heavy (non-hydrogen) atoms. The first-order chi connectivity index (χ1) is 16.4. The molecule has 2 aromatic carbocycles. The lowest BCUT2D eigenvalue weighted by Crippen LogP contribution is -2.50.